The average Bonchev–Trinajstić information content (AvgIpc) is 3.33. The van der Waals surface area contributed by atoms with E-state index in [4.69, 9.17) is 0 Å². The maximum Gasteiger partial charge on any atom is 0.221 e. The number of nitrogens with zero attached hydrogens (tertiary/aromatic N) is 2. The highest BCUT2D eigenvalue weighted by Crippen LogP contribution is 2.14. The van der Waals surface area contributed by atoms with E-state index >= 15 is 0 Å². The van der Waals surface area contributed by atoms with Crippen molar-refractivity contribution in [1.82, 2.24) is 31.1 Å². The fraction of sp³-hybridized carbons (Fsp3) is 0.966. The van der Waals surface area contributed by atoms with Crippen molar-refractivity contribution in [3.05, 3.63) is 0 Å². The monoisotopic (exact) mass is 965 g/mol. The molecule has 0 fully saturated rings. The number of unbranched alkanes of at least 4 members (excludes halogenated alkanes) is 31. The van der Waals surface area contributed by atoms with Crippen LogP contribution in [0, 0.1) is 0 Å². The first-order valence-electron chi connectivity index (χ1n) is 30.1. The number of rotatable bonds is 57. The Bertz CT molecular complexity index is 1020. The highest BCUT2D eigenvalue weighted by molar-refractivity contribution is 5.76. The Labute approximate surface area is 423 Å². The lowest BCUT2D eigenvalue weighted by Crippen LogP contribution is -2.41. The van der Waals surface area contributed by atoms with Crippen LogP contribution in [0.5, 0.6) is 0 Å². The van der Waals surface area contributed by atoms with Gasteiger partial charge in [-0.05, 0) is 64.7 Å². The molecular formula is C58H120N6O4. The molecule has 0 spiro atoms. The molecule has 10 heteroatoms. The number of hydrogen-bond donors (Lipinski definition) is 6. The second kappa shape index (κ2) is 55.0. The van der Waals surface area contributed by atoms with E-state index in [0.29, 0.717) is 52.1 Å². The molecule has 0 saturated heterocycles. The molecule has 0 aromatic carbocycles. The normalized spacial score (nSPS) is 12.6. The van der Waals surface area contributed by atoms with Crippen molar-refractivity contribution >= 4 is 11.8 Å². The Morgan fingerprint density at radius 2 is 0.574 bits per heavy atom. The maximum absolute atomic E-state index is 12.4. The van der Waals surface area contributed by atoms with Gasteiger partial charge in [0.05, 0.1) is 12.2 Å². The zero-order valence-electron chi connectivity index (χ0n) is 46.1. The van der Waals surface area contributed by atoms with Gasteiger partial charge in [0.1, 0.15) is 0 Å². The summed E-state index contributed by atoms with van der Waals surface area (Å²) in [5.41, 5.74) is 0. The first-order valence-corrected chi connectivity index (χ1v) is 30.1. The van der Waals surface area contributed by atoms with E-state index in [-0.39, 0.29) is 11.8 Å². The van der Waals surface area contributed by atoms with Crippen molar-refractivity contribution in [2.75, 3.05) is 78.5 Å². The number of amides is 2. The largest absolute Gasteiger partial charge is 0.390 e. The number of aliphatic hydroxyl groups is 2. The average molecular weight is 966 g/mol. The van der Waals surface area contributed by atoms with Crippen LogP contribution in [-0.2, 0) is 9.59 Å². The molecule has 0 aliphatic heterocycles. The predicted molar refractivity (Wildman–Crippen MR) is 295 cm³/mol. The summed E-state index contributed by atoms with van der Waals surface area (Å²) in [7, 11) is 0. The highest BCUT2D eigenvalue weighted by atomic mass is 16.3. The lowest BCUT2D eigenvalue weighted by molar-refractivity contribution is -0.121. The zero-order valence-corrected chi connectivity index (χ0v) is 46.1. The van der Waals surface area contributed by atoms with E-state index in [1.807, 2.05) is 0 Å². The Morgan fingerprint density at radius 1 is 0.338 bits per heavy atom. The molecule has 6 N–H and O–H groups in total. The molecule has 68 heavy (non-hydrogen) atoms. The van der Waals surface area contributed by atoms with Crippen LogP contribution in [0.4, 0.5) is 0 Å². The van der Waals surface area contributed by atoms with Crippen LogP contribution in [0.25, 0.3) is 0 Å². The van der Waals surface area contributed by atoms with Gasteiger partial charge in [-0.2, -0.15) is 0 Å². The Morgan fingerprint density at radius 3 is 0.853 bits per heavy atom. The molecule has 0 aromatic heterocycles. The molecule has 0 aromatic rings. The number of carbonyl (C=O) groups excluding carboxylic acids is 2. The minimum atomic E-state index is -0.472. The molecular weight excluding hydrogens is 845 g/mol. The van der Waals surface area contributed by atoms with Gasteiger partial charge in [0.25, 0.3) is 0 Å². The van der Waals surface area contributed by atoms with Crippen molar-refractivity contribution in [2.24, 2.45) is 0 Å². The summed E-state index contributed by atoms with van der Waals surface area (Å²) in [6.07, 6.45) is 46.0. The summed E-state index contributed by atoms with van der Waals surface area (Å²) >= 11 is 0. The SMILES string of the molecule is CCCCCCCCCCCCCCN(CCCCN(CCCCCCCCCCCC)CC(O)CNCCC(=O)NCCCCCCCC)CC(O)CNCCC(=O)NCCCCCCCC. The summed E-state index contributed by atoms with van der Waals surface area (Å²) in [4.78, 5) is 29.7. The van der Waals surface area contributed by atoms with Gasteiger partial charge in [-0.15, -0.1) is 0 Å². The van der Waals surface area contributed by atoms with Gasteiger partial charge < -0.3 is 41.3 Å². The van der Waals surface area contributed by atoms with Crippen LogP contribution in [0.15, 0.2) is 0 Å². The Kier molecular flexibility index (Phi) is 54.0. The standard InChI is InChI=1S/C58H120N6O4/c1-5-9-13-17-21-23-25-26-28-30-34-38-48-64(54-56(66)52-60-46-42-58(68)62-44-36-32-20-16-12-8-4)50-40-39-49-63(47-37-33-29-27-24-22-18-14-10-6-2)53-55(65)51-59-45-41-57(67)61-43-35-31-19-15-11-7-3/h55-56,59-60,65-66H,5-54H2,1-4H3,(H,61,67)(H,62,68). The second-order valence-corrected chi connectivity index (χ2v) is 20.8. The van der Waals surface area contributed by atoms with Gasteiger partial charge in [-0.1, -0.05) is 220 Å². The van der Waals surface area contributed by atoms with E-state index in [1.54, 1.807) is 0 Å². The lowest BCUT2D eigenvalue weighted by Gasteiger charge is -2.27. The minimum Gasteiger partial charge on any atom is -0.390 e. The summed E-state index contributed by atoms with van der Waals surface area (Å²) in [6, 6.07) is 0. The molecule has 0 aliphatic carbocycles. The van der Waals surface area contributed by atoms with Crippen LogP contribution >= 0.6 is 0 Å². The Hall–Kier alpha value is -1.30. The van der Waals surface area contributed by atoms with Crippen LogP contribution in [0.2, 0.25) is 0 Å². The number of hydrogen-bond acceptors (Lipinski definition) is 8. The van der Waals surface area contributed by atoms with Gasteiger partial charge in [0, 0.05) is 65.2 Å². The second-order valence-electron chi connectivity index (χ2n) is 20.8. The molecule has 2 unspecified atom stereocenters. The summed E-state index contributed by atoms with van der Waals surface area (Å²) in [6.45, 7) is 18.0. The molecule has 10 nitrogen and oxygen atoms in total. The van der Waals surface area contributed by atoms with E-state index in [1.165, 1.54) is 205 Å². The van der Waals surface area contributed by atoms with E-state index in [2.05, 4.69) is 58.8 Å². The zero-order chi connectivity index (χ0) is 49.6. The number of aliphatic hydroxyl groups excluding tert-OH is 2. The van der Waals surface area contributed by atoms with Crippen LogP contribution in [-0.4, -0.2) is 123 Å². The summed E-state index contributed by atoms with van der Waals surface area (Å²) < 4.78 is 0. The quantitative estimate of drug-likeness (QED) is 0.0333. The van der Waals surface area contributed by atoms with Crippen molar-refractivity contribution in [3.8, 4) is 0 Å². The first-order chi connectivity index (χ1) is 33.4. The molecule has 0 aliphatic rings. The molecule has 2 atom stereocenters. The van der Waals surface area contributed by atoms with E-state index in [9.17, 15) is 19.8 Å². The van der Waals surface area contributed by atoms with Gasteiger partial charge in [-0.3, -0.25) is 9.59 Å². The van der Waals surface area contributed by atoms with Crippen molar-refractivity contribution in [3.63, 3.8) is 0 Å². The third-order valence-corrected chi connectivity index (χ3v) is 13.8. The van der Waals surface area contributed by atoms with Crippen LogP contribution < -0.4 is 21.3 Å². The molecule has 0 rings (SSSR count). The maximum atomic E-state index is 12.4. The van der Waals surface area contributed by atoms with E-state index < -0.39 is 12.2 Å². The third kappa shape index (κ3) is 51.1. The predicted octanol–water partition coefficient (Wildman–Crippen LogP) is 12.6. The molecule has 0 heterocycles. The molecule has 406 valence electrons. The molecule has 2 amide bonds. The summed E-state index contributed by atoms with van der Waals surface area (Å²) in [5.74, 6) is 0.191. The highest BCUT2D eigenvalue weighted by Gasteiger charge is 2.15. The lowest BCUT2D eigenvalue weighted by atomic mass is 10.1. The van der Waals surface area contributed by atoms with Crippen molar-refractivity contribution < 1.29 is 19.8 Å². The van der Waals surface area contributed by atoms with Crippen molar-refractivity contribution in [1.29, 1.82) is 0 Å². The molecule has 0 saturated carbocycles. The van der Waals surface area contributed by atoms with Gasteiger partial charge >= 0.3 is 0 Å². The topological polar surface area (TPSA) is 129 Å². The van der Waals surface area contributed by atoms with Gasteiger partial charge in [-0.25, -0.2) is 0 Å². The third-order valence-electron chi connectivity index (χ3n) is 13.8. The smallest absolute Gasteiger partial charge is 0.221 e. The fourth-order valence-corrected chi connectivity index (χ4v) is 9.37. The summed E-state index contributed by atoms with van der Waals surface area (Å²) in [5, 5.41) is 35.1. The van der Waals surface area contributed by atoms with Crippen molar-refractivity contribution in [2.45, 2.75) is 284 Å². The number of carbonyl (C=O) groups is 2. The van der Waals surface area contributed by atoms with Gasteiger partial charge in [0.2, 0.25) is 11.8 Å². The Balaban J connectivity index is 5.00. The first kappa shape index (κ1) is 66.7. The molecule has 0 radical (unpaired) electrons. The van der Waals surface area contributed by atoms with Gasteiger partial charge in [0.15, 0.2) is 0 Å². The van der Waals surface area contributed by atoms with Crippen LogP contribution in [0.1, 0.15) is 272 Å². The molecule has 0 bridgehead atoms. The fourth-order valence-electron chi connectivity index (χ4n) is 9.37. The minimum absolute atomic E-state index is 0.0955. The van der Waals surface area contributed by atoms with Crippen LogP contribution in [0.3, 0.4) is 0 Å². The van der Waals surface area contributed by atoms with E-state index in [0.717, 1.165) is 65.0 Å². The number of nitrogens with one attached hydrogen (secondary N) is 4.